The van der Waals surface area contributed by atoms with E-state index in [9.17, 15) is 13.2 Å². The lowest BCUT2D eigenvalue weighted by Gasteiger charge is -2.09. The van der Waals surface area contributed by atoms with E-state index in [1.54, 1.807) is 54.6 Å². The van der Waals surface area contributed by atoms with E-state index in [1.807, 2.05) is 0 Å². The third-order valence-electron chi connectivity index (χ3n) is 4.38. The van der Waals surface area contributed by atoms with Crippen molar-refractivity contribution in [3.8, 4) is 0 Å². The van der Waals surface area contributed by atoms with E-state index >= 15 is 0 Å². The zero-order valence-electron chi connectivity index (χ0n) is 16.2. The number of halogens is 2. The van der Waals surface area contributed by atoms with Gasteiger partial charge in [0.2, 0.25) is 5.89 Å². The first-order valence-electron chi connectivity index (χ1n) is 9.21. The summed E-state index contributed by atoms with van der Waals surface area (Å²) < 4.78 is 34.1. The molecular weight excluding hydrogens is 518 g/mol. The number of aldehydes is 1. The van der Waals surface area contributed by atoms with Crippen molar-refractivity contribution in [2.24, 2.45) is 0 Å². The third-order valence-corrected chi connectivity index (χ3v) is 6.54. The van der Waals surface area contributed by atoms with Gasteiger partial charge in [-0.1, -0.05) is 27.5 Å². The Labute approximate surface area is 197 Å². The van der Waals surface area contributed by atoms with Crippen LogP contribution in [0.3, 0.4) is 0 Å². The number of oxazole rings is 1. The number of nitrogens with zero attached hydrogens (tertiary/aromatic N) is 1. The number of sulfonamides is 1. The molecule has 0 radical (unpaired) electrons. The maximum atomic E-state index is 12.6. The summed E-state index contributed by atoms with van der Waals surface area (Å²) in [6.45, 7) is 0. The minimum Gasteiger partial charge on any atom is -0.436 e. The minimum absolute atomic E-state index is 0.0985. The number of nitrogens with one attached hydrogen (secondary N) is 2. The fourth-order valence-corrected chi connectivity index (χ4v) is 4.28. The number of carbonyl (C=O) groups is 1. The van der Waals surface area contributed by atoms with E-state index in [1.165, 1.54) is 18.3 Å². The number of allylic oxidation sites excluding steroid dienone is 1. The first-order chi connectivity index (χ1) is 15.3. The van der Waals surface area contributed by atoms with Gasteiger partial charge in [0.1, 0.15) is 5.52 Å². The van der Waals surface area contributed by atoms with Gasteiger partial charge in [-0.15, -0.1) is 0 Å². The van der Waals surface area contributed by atoms with Gasteiger partial charge in [-0.25, -0.2) is 13.4 Å². The summed E-state index contributed by atoms with van der Waals surface area (Å²) in [5.41, 5.74) is 2.25. The minimum atomic E-state index is -3.74. The van der Waals surface area contributed by atoms with Gasteiger partial charge in [0.05, 0.1) is 10.5 Å². The molecular formula is C22H15BrClN3O4S. The molecule has 4 rings (SSSR count). The molecule has 10 heteroatoms. The monoisotopic (exact) mass is 531 g/mol. The van der Waals surface area contributed by atoms with Crippen LogP contribution in [-0.2, 0) is 14.8 Å². The number of hydrogen-bond acceptors (Lipinski definition) is 6. The fourth-order valence-electron chi connectivity index (χ4n) is 2.79. The van der Waals surface area contributed by atoms with Gasteiger partial charge < -0.3 is 9.73 Å². The number of fused-ring (bicyclic) bond motifs is 1. The van der Waals surface area contributed by atoms with Crippen molar-refractivity contribution < 1.29 is 17.6 Å². The normalized spacial score (nSPS) is 12.0. The van der Waals surface area contributed by atoms with E-state index in [4.69, 9.17) is 16.0 Å². The summed E-state index contributed by atoms with van der Waals surface area (Å²) >= 11 is 9.26. The molecule has 0 atom stereocenters. The third kappa shape index (κ3) is 5.01. The topological polar surface area (TPSA) is 101 Å². The molecule has 1 heterocycles. The van der Waals surface area contributed by atoms with E-state index < -0.39 is 10.0 Å². The lowest BCUT2D eigenvalue weighted by atomic mass is 10.3. The fraction of sp³-hybridized carbons (Fsp3) is 0. The van der Waals surface area contributed by atoms with Crippen LogP contribution in [0.15, 0.2) is 86.7 Å². The lowest BCUT2D eigenvalue weighted by Crippen LogP contribution is -2.12. The summed E-state index contributed by atoms with van der Waals surface area (Å²) in [7, 11) is -3.74. The highest BCUT2D eigenvalue weighted by Crippen LogP contribution is 2.24. The molecule has 3 aromatic carbocycles. The maximum absolute atomic E-state index is 12.6. The van der Waals surface area contributed by atoms with Gasteiger partial charge in [-0.3, -0.25) is 9.52 Å². The Bertz CT molecular complexity index is 1420. The van der Waals surface area contributed by atoms with Crippen molar-refractivity contribution in [1.29, 1.82) is 0 Å². The highest BCUT2D eigenvalue weighted by Gasteiger charge is 2.14. The number of aromatic nitrogens is 1. The van der Waals surface area contributed by atoms with Gasteiger partial charge in [0.15, 0.2) is 11.9 Å². The van der Waals surface area contributed by atoms with Crippen LogP contribution in [0.1, 0.15) is 5.89 Å². The van der Waals surface area contributed by atoms with Gasteiger partial charge in [-0.05, 0) is 66.7 Å². The van der Waals surface area contributed by atoms with Crippen molar-refractivity contribution in [1.82, 2.24) is 4.98 Å². The van der Waals surface area contributed by atoms with Gasteiger partial charge in [0.25, 0.3) is 10.0 Å². The smallest absolute Gasteiger partial charge is 0.261 e. The highest BCUT2D eigenvalue weighted by atomic mass is 79.9. The zero-order valence-corrected chi connectivity index (χ0v) is 19.4. The standard InChI is InChI=1S/C22H15BrClN3O4S/c23-15-1-4-18(5-2-15)27-32(29,30)19-8-6-17(7-9-19)25-12-14(13-28)22-26-20-11-16(24)3-10-21(20)31-22/h1-13,25,27H/b14-12+. The molecule has 7 nitrogen and oxygen atoms in total. The molecule has 162 valence electrons. The number of rotatable bonds is 7. The molecule has 0 unspecified atom stereocenters. The van der Waals surface area contributed by atoms with Crippen LogP contribution >= 0.6 is 27.5 Å². The van der Waals surface area contributed by atoms with Crippen LogP contribution in [0, 0.1) is 0 Å². The highest BCUT2D eigenvalue weighted by molar-refractivity contribution is 9.10. The molecule has 0 aliphatic rings. The molecule has 0 amide bonds. The number of benzene rings is 3. The van der Waals surface area contributed by atoms with E-state index in [0.717, 1.165) is 4.47 Å². The summed E-state index contributed by atoms with van der Waals surface area (Å²) in [5, 5.41) is 3.46. The largest absolute Gasteiger partial charge is 0.436 e. The molecule has 32 heavy (non-hydrogen) atoms. The van der Waals surface area contributed by atoms with E-state index in [2.05, 4.69) is 31.0 Å². The second-order valence-electron chi connectivity index (χ2n) is 6.63. The van der Waals surface area contributed by atoms with Crippen LogP contribution in [-0.4, -0.2) is 19.7 Å². The molecule has 2 N–H and O–H groups in total. The second-order valence-corrected chi connectivity index (χ2v) is 9.66. The van der Waals surface area contributed by atoms with Crippen molar-refractivity contribution >= 4 is 71.9 Å². The summed E-state index contributed by atoms with van der Waals surface area (Å²) in [6, 6.07) is 17.9. The predicted molar refractivity (Wildman–Crippen MR) is 128 cm³/mol. The van der Waals surface area contributed by atoms with Crippen molar-refractivity contribution in [2.75, 3.05) is 10.0 Å². The van der Waals surface area contributed by atoms with Crippen molar-refractivity contribution in [3.63, 3.8) is 0 Å². The van der Waals surface area contributed by atoms with Crippen LogP contribution in [0.25, 0.3) is 16.7 Å². The molecule has 0 saturated heterocycles. The van der Waals surface area contributed by atoms with Gasteiger partial charge in [-0.2, -0.15) is 0 Å². The van der Waals surface area contributed by atoms with Crippen LogP contribution in [0.5, 0.6) is 0 Å². The van der Waals surface area contributed by atoms with Gasteiger partial charge in [0, 0.05) is 27.1 Å². The Morgan fingerprint density at radius 2 is 1.69 bits per heavy atom. The molecule has 0 aliphatic heterocycles. The van der Waals surface area contributed by atoms with Crippen LogP contribution in [0.4, 0.5) is 11.4 Å². The average Bonchev–Trinajstić information content (AvgIpc) is 3.19. The number of hydrogen-bond donors (Lipinski definition) is 2. The quantitative estimate of drug-likeness (QED) is 0.234. The first kappa shape index (κ1) is 22.1. The first-order valence-corrected chi connectivity index (χ1v) is 11.9. The predicted octanol–water partition coefficient (Wildman–Crippen LogP) is 5.70. The summed E-state index contributed by atoms with van der Waals surface area (Å²) in [5.74, 6) is 0.141. The Hall–Kier alpha value is -3.14. The van der Waals surface area contributed by atoms with Crippen LogP contribution < -0.4 is 10.0 Å². The molecule has 0 bridgehead atoms. The second kappa shape index (κ2) is 9.15. The Kier molecular flexibility index (Phi) is 6.31. The van der Waals surface area contributed by atoms with E-state index in [0.29, 0.717) is 33.8 Å². The molecule has 0 aliphatic carbocycles. The summed E-state index contributed by atoms with van der Waals surface area (Å²) in [6.07, 6.45) is 2.04. The Balaban J connectivity index is 1.50. The number of anilines is 2. The molecule has 0 spiro atoms. The maximum Gasteiger partial charge on any atom is 0.261 e. The Morgan fingerprint density at radius 3 is 2.38 bits per heavy atom. The van der Waals surface area contributed by atoms with Crippen molar-refractivity contribution in [3.05, 3.63) is 88.3 Å². The van der Waals surface area contributed by atoms with E-state index in [-0.39, 0.29) is 16.4 Å². The van der Waals surface area contributed by atoms with Crippen molar-refractivity contribution in [2.45, 2.75) is 4.90 Å². The average molecular weight is 533 g/mol. The molecule has 4 aromatic rings. The summed E-state index contributed by atoms with van der Waals surface area (Å²) in [4.78, 5) is 15.9. The SMILES string of the molecule is O=C/C(=C\Nc1ccc(S(=O)(=O)Nc2ccc(Br)cc2)cc1)c1nc2cc(Cl)ccc2o1. The molecule has 0 saturated carbocycles. The molecule has 0 fully saturated rings. The Morgan fingerprint density at radius 1 is 1.00 bits per heavy atom. The van der Waals surface area contributed by atoms with Gasteiger partial charge >= 0.3 is 0 Å². The number of carbonyl (C=O) groups excluding carboxylic acids is 1. The van der Waals surface area contributed by atoms with Crippen LogP contribution in [0.2, 0.25) is 5.02 Å². The zero-order chi connectivity index (χ0) is 22.7. The molecule has 1 aromatic heterocycles. The lowest BCUT2D eigenvalue weighted by molar-refractivity contribution is -0.103.